The average Bonchev–Trinajstić information content (AvgIpc) is 2.81. The van der Waals surface area contributed by atoms with Gasteiger partial charge in [-0.1, -0.05) is 13.3 Å². The van der Waals surface area contributed by atoms with Crippen molar-refractivity contribution in [3.05, 3.63) is 0 Å². The molecular weight excluding hydrogens is 442 g/mol. The standard InChI is InChI=1S/C25H49NO8/c1-5-9-11-31-13-15-33-22-17-23(18-22)34-16-14-32-12-10-24(27)26-25(19-28-6-2,20-29-7-3)21-30-8-4/h22-23H,5-21H2,1-4H3,(H,26,27). The van der Waals surface area contributed by atoms with Crippen molar-refractivity contribution >= 4 is 5.91 Å². The number of rotatable bonds is 24. The second-order valence-electron chi connectivity index (χ2n) is 8.53. The number of ether oxygens (including phenoxy) is 7. The third-order valence-electron chi connectivity index (χ3n) is 5.48. The van der Waals surface area contributed by atoms with Gasteiger partial charge in [-0.2, -0.15) is 0 Å². The Morgan fingerprint density at radius 1 is 0.706 bits per heavy atom. The Bertz CT molecular complexity index is 466. The van der Waals surface area contributed by atoms with Gasteiger partial charge in [0, 0.05) is 32.8 Å². The number of hydrogen-bond acceptors (Lipinski definition) is 8. The van der Waals surface area contributed by atoms with Crippen LogP contribution >= 0.6 is 0 Å². The zero-order valence-electron chi connectivity index (χ0n) is 21.9. The first kappa shape index (κ1) is 31.2. The maximum atomic E-state index is 12.5. The largest absolute Gasteiger partial charge is 0.379 e. The van der Waals surface area contributed by atoms with Gasteiger partial charge in [0.05, 0.1) is 65.1 Å². The maximum absolute atomic E-state index is 12.5. The number of amides is 1. The minimum Gasteiger partial charge on any atom is -0.379 e. The van der Waals surface area contributed by atoms with Crippen LogP contribution in [0.25, 0.3) is 0 Å². The Kier molecular flexibility index (Phi) is 18.7. The van der Waals surface area contributed by atoms with Crippen molar-refractivity contribution in [2.45, 2.75) is 77.5 Å². The van der Waals surface area contributed by atoms with Crippen molar-refractivity contribution < 1.29 is 38.0 Å². The van der Waals surface area contributed by atoms with E-state index in [-0.39, 0.29) is 24.5 Å². The molecular formula is C25H49NO8. The minimum absolute atomic E-state index is 0.113. The van der Waals surface area contributed by atoms with Gasteiger partial charge in [0.2, 0.25) is 5.91 Å². The van der Waals surface area contributed by atoms with E-state index in [1.165, 1.54) is 0 Å². The molecule has 1 N–H and O–H groups in total. The molecule has 34 heavy (non-hydrogen) atoms. The Hall–Kier alpha value is -0.810. The highest BCUT2D eigenvalue weighted by atomic mass is 16.5. The molecule has 0 spiro atoms. The maximum Gasteiger partial charge on any atom is 0.222 e. The molecule has 0 saturated heterocycles. The van der Waals surface area contributed by atoms with Crippen LogP contribution in [0.2, 0.25) is 0 Å². The molecule has 0 atom stereocenters. The fourth-order valence-corrected chi connectivity index (χ4v) is 3.44. The molecule has 202 valence electrons. The summed E-state index contributed by atoms with van der Waals surface area (Å²) >= 11 is 0. The third-order valence-corrected chi connectivity index (χ3v) is 5.48. The van der Waals surface area contributed by atoms with Gasteiger partial charge in [-0.25, -0.2) is 0 Å². The normalized spacial score (nSPS) is 18.1. The molecule has 9 nitrogen and oxygen atoms in total. The van der Waals surface area contributed by atoms with Gasteiger partial charge in [0.25, 0.3) is 0 Å². The van der Waals surface area contributed by atoms with Gasteiger partial charge >= 0.3 is 0 Å². The van der Waals surface area contributed by atoms with Crippen LogP contribution in [-0.4, -0.2) is 103 Å². The van der Waals surface area contributed by atoms with E-state index in [9.17, 15) is 4.79 Å². The van der Waals surface area contributed by atoms with Crippen LogP contribution in [0.4, 0.5) is 0 Å². The fourth-order valence-electron chi connectivity index (χ4n) is 3.44. The van der Waals surface area contributed by atoms with E-state index in [0.29, 0.717) is 72.7 Å². The second-order valence-corrected chi connectivity index (χ2v) is 8.53. The summed E-state index contributed by atoms with van der Waals surface area (Å²) in [6.45, 7) is 14.0. The first-order valence-electron chi connectivity index (χ1n) is 13.0. The fraction of sp³-hybridized carbons (Fsp3) is 0.960. The third kappa shape index (κ3) is 14.6. The highest BCUT2D eigenvalue weighted by molar-refractivity contribution is 5.77. The quantitative estimate of drug-likeness (QED) is 0.206. The number of hydrogen-bond donors (Lipinski definition) is 1. The van der Waals surface area contributed by atoms with E-state index in [1.807, 2.05) is 20.8 Å². The van der Waals surface area contributed by atoms with Crippen LogP contribution < -0.4 is 5.32 Å². The van der Waals surface area contributed by atoms with Crippen molar-refractivity contribution in [3.8, 4) is 0 Å². The summed E-state index contributed by atoms with van der Waals surface area (Å²) in [4.78, 5) is 12.5. The molecule has 0 aliphatic heterocycles. The Balaban J connectivity index is 2.12. The van der Waals surface area contributed by atoms with Gasteiger partial charge in [0.15, 0.2) is 0 Å². The van der Waals surface area contributed by atoms with Crippen LogP contribution in [0.15, 0.2) is 0 Å². The lowest BCUT2D eigenvalue weighted by Gasteiger charge is -2.35. The van der Waals surface area contributed by atoms with Gasteiger partial charge in [-0.15, -0.1) is 0 Å². The smallest absolute Gasteiger partial charge is 0.222 e. The summed E-state index contributed by atoms with van der Waals surface area (Å²) in [5, 5.41) is 3.05. The summed E-state index contributed by atoms with van der Waals surface area (Å²) in [5.74, 6) is -0.113. The Labute approximate surface area is 206 Å². The summed E-state index contributed by atoms with van der Waals surface area (Å²) in [6.07, 6.45) is 4.84. The number of nitrogens with one attached hydrogen (secondary N) is 1. The SMILES string of the molecule is CCCCOCCOC1CC(OCCOCCC(=O)NC(COCC)(COCC)COCC)C1. The van der Waals surface area contributed by atoms with Crippen molar-refractivity contribution in [2.24, 2.45) is 0 Å². The summed E-state index contributed by atoms with van der Waals surface area (Å²) < 4.78 is 39.5. The first-order valence-corrected chi connectivity index (χ1v) is 13.0. The zero-order valence-corrected chi connectivity index (χ0v) is 21.9. The zero-order chi connectivity index (χ0) is 24.9. The lowest BCUT2D eigenvalue weighted by molar-refractivity contribution is -0.129. The molecule has 0 aromatic rings. The molecule has 1 amide bonds. The minimum atomic E-state index is -0.702. The van der Waals surface area contributed by atoms with Crippen molar-refractivity contribution in [1.29, 1.82) is 0 Å². The van der Waals surface area contributed by atoms with Gasteiger partial charge in [0.1, 0.15) is 5.54 Å². The van der Waals surface area contributed by atoms with Gasteiger partial charge in [-0.05, 0) is 40.0 Å². The lowest BCUT2D eigenvalue weighted by atomic mass is 9.92. The highest BCUT2D eigenvalue weighted by Gasteiger charge is 2.33. The number of carbonyl (C=O) groups is 1. The second kappa shape index (κ2) is 20.4. The first-order chi connectivity index (χ1) is 16.6. The van der Waals surface area contributed by atoms with Crippen LogP contribution in [0.5, 0.6) is 0 Å². The van der Waals surface area contributed by atoms with Gasteiger partial charge < -0.3 is 38.5 Å². The number of unbranched alkanes of at least 4 members (excludes halogenated alkanes) is 1. The molecule has 0 aromatic heterocycles. The summed E-state index contributed by atoms with van der Waals surface area (Å²) in [6, 6.07) is 0. The Morgan fingerprint density at radius 2 is 1.21 bits per heavy atom. The van der Waals surface area contributed by atoms with Crippen LogP contribution in [-0.2, 0) is 38.0 Å². The van der Waals surface area contributed by atoms with Crippen LogP contribution in [0, 0.1) is 0 Å². The van der Waals surface area contributed by atoms with E-state index in [1.54, 1.807) is 0 Å². The molecule has 1 aliphatic carbocycles. The summed E-state index contributed by atoms with van der Waals surface area (Å²) in [7, 11) is 0. The van der Waals surface area contributed by atoms with Crippen molar-refractivity contribution in [3.63, 3.8) is 0 Å². The van der Waals surface area contributed by atoms with Crippen molar-refractivity contribution in [1.82, 2.24) is 5.32 Å². The molecule has 0 radical (unpaired) electrons. The molecule has 1 fully saturated rings. The number of carbonyl (C=O) groups excluding carboxylic acids is 1. The predicted octanol–water partition coefficient (Wildman–Crippen LogP) is 2.74. The molecule has 0 unspecified atom stereocenters. The molecule has 0 bridgehead atoms. The van der Waals surface area contributed by atoms with Crippen LogP contribution in [0.1, 0.15) is 59.8 Å². The van der Waals surface area contributed by atoms with Gasteiger partial charge in [-0.3, -0.25) is 4.79 Å². The van der Waals surface area contributed by atoms with E-state index >= 15 is 0 Å². The Morgan fingerprint density at radius 3 is 1.68 bits per heavy atom. The van der Waals surface area contributed by atoms with E-state index in [0.717, 1.165) is 32.3 Å². The topological polar surface area (TPSA) is 93.7 Å². The molecule has 1 saturated carbocycles. The predicted molar refractivity (Wildman–Crippen MR) is 130 cm³/mol. The molecule has 0 heterocycles. The lowest BCUT2D eigenvalue weighted by Crippen LogP contribution is -2.58. The monoisotopic (exact) mass is 491 g/mol. The highest BCUT2D eigenvalue weighted by Crippen LogP contribution is 2.26. The molecule has 1 rings (SSSR count). The molecule has 9 heteroatoms. The van der Waals surface area contributed by atoms with E-state index in [4.69, 9.17) is 33.2 Å². The molecule has 1 aliphatic rings. The van der Waals surface area contributed by atoms with E-state index < -0.39 is 5.54 Å². The summed E-state index contributed by atoms with van der Waals surface area (Å²) in [5.41, 5.74) is -0.702. The van der Waals surface area contributed by atoms with Crippen molar-refractivity contribution in [2.75, 3.05) is 79.3 Å². The molecule has 0 aromatic carbocycles. The average molecular weight is 492 g/mol. The van der Waals surface area contributed by atoms with Crippen LogP contribution in [0.3, 0.4) is 0 Å². The van der Waals surface area contributed by atoms with E-state index in [2.05, 4.69) is 12.2 Å².